The van der Waals surface area contributed by atoms with E-state index in [-0.39, 0.29) is 35.0 Å². The van der Waals surface area contributed by atoms with Crippen molar-refractivity contribution in [2.45, 2.75) is 84.7 Å². The van der Waals surface area contributed by atoms with Gasteiger partial charge in [-0.05, 0) is 57.6 Å². The van der Waals surface area contributed by atoms with Crippen LogP contribution in [0.5, 0.6) is 0 Å². The van der Waals surface area contributed by atoms with E-state index in [1.165, 1.54) is 18.2 Å². The van der Waals surface area contributed by atoms with Crippen molar-refractivity contribution in [1.82, 2.24) is 9.47 Å². The summed E-state index contributed by atoms with van der Waals surface area (Å²) in [6.45, 7) is 7.36. The lowest BCUT2D eigenvalue weighted by molar-refractivity contribution is -0.148. The van der Waals surface area contributed by atoms with Gasteiger partial charge in [-0.2, -0.15) is 5.26 Å². The highest BCUT2D eigenvalue weighted by Crippen LogP contribution is 2.39. The number of rotatable bonds is 7. The quantitative estimate of drug-likeness (QED) is 0.270. The number of thioether (sulfide) groups is 1. The predicted molar refractivity (Wildman–Crippen MR) is 154 cm³/mol. The van der Waals surface area contributed by atoms with E-state index < -0.39 is 0 Å². The molecule has 10 heteroatoms. The molecular weight excluding hydrogens is 520 g/mol. The van der Waals surface area contributed by atoms with E-state index in [9.17, 15) is 19.6 Å². The van der Waals surface area contributed by atoms with Gasteiger partial charge in [0, 0.05) is 31.2 Å². The summed E-state index contributed by atoms with van der Waals surface area (Å²) in [5.74, 6) is 0.0152. The molecule has 0 bridgehead atoms. The Morgan fingerprint density at radius 2 is 1.92 bits per heavy atom. The number of piperidine rings is 1. The third-order valence-corrected chi connectivity index (χ3v) is 9.00. The molecule has 1 atom stereocenters. The van der Waals surface area contributed by atoms with Crippen LogP contribution in [0, 0.1) is 24.2 Å². The number of carbonyl (C=O) groups is 2. The van der Waals surface area contributed by atoms with Crippen LogP contribution in [0.4, 0.5) is 5.82 Å². The average molecular weight is 557 g/mol. The first-order chi connectivity index (χ1) is 18.3. The second-order valence-corrected chi connectivity index (χ2v) is 11.9. The molecule has 3 heterocycles. The average Bonchev–Trinajstić information content (AvgIpc) is 3.20. The number of amides is 1. The highest BCUT2D eigenvalue weighted by molar-refractivity contribution is 8.26. The van der Waals surface area contributed by atoms with Gasteiger partial charge >= 0.3 is 5.97 Å². The molecule has 1 amide bonds. The molecule has 0 N–H and O–H groups in total. The number of pyridine rings is 1. The minimum atomic E-state index is -0.341. The summed E-state index contributed by atoms with van der Waals surface area (Å²) in [5.41, 5.74) is 0.950. The normalized spacial score (nSPS) is 21.7. The van der Waals surface area contributed by atoms with E-state index in [1.807, 2.05) is 13.0 Å². The fourth-order valence-electron chi connectivity index (χ4n) is 5.80. The molecule has 0 radical (unpaired) electrons. The minimum Gasteiger partial charge on any atom is -0.466 e. The maximum atomic E-state index is 13.6. The number of ether oxygens (including phenoxy) is 1. The van der Waals surface area contributed by atoms with Gasteiger partial charge in [0.2, 0.25) is 0 Å². The molecule has 1 aromatic heterocycles. The molecular formula is C28H36N4O4S2. The Kier molecular flexibility index (Phi) is 9.32. The zero-order chi connectivity index (χ0) is 27.4. The molecule has 1 unspecified atom stereocenters. The molecule has 204 valence electrons. The second kappa shape index (κ2) is 12.5. The van der Waals surface area contributed by atoms with Gasteiger partial charge in [-0.1, -0.05) is 50.2 Å². The third-order valence-electron chi connectivity index (χ3n) is 7.67. The van der Waals surface area contributed by atoms with Crippen LogP contribution in [0.15, 0.2) is 9.70 Å². The van der Waals surface area contributed by atoms with Crippen LogP contribution in [-0.2, 0) is 20.9 Å². The maximum Gasteiger partial charge on any atom is 0.310 e. The van der Waals surface area contributed by atoms with Gasteiger partial charge in [-0.25, -0.2) is 0 Å². The fourth-order valence-corrected chi connectivity index (χ4v) is 7.19. The summed E-state index contributed by atoms with van der Waals surface area (Å²) in [6.07, 6.45) is 9.26. The number of thiocarbonyl (C=S) groups is 1. The van der Waals surface area contributed by atoms with Crippen LogP contribution >= 0.6 is 24.0 Å². The van der Waals surface area contributed by atoms with Gasteiger partial charge < -0.3 is 9.64 Å². The lowest BCUT2D eigenvalue weighted by atomic mass is 9.94. The summed E-state index contributed by atoms with van der Waals surface area (Å²) in [6, 6.07) is 2.22. The largest absolute Gasteiger partial charge is 0.466 e. The number of esters is 1. The molecule has 3 aliphatic rings. The Morgan fingerprint density at radius 3 is 2.58 bits per heavy atom. The molecule has 38 heavy (non-hydrogen) atoms. The van der Waals surface area contributed by atoms with Crippen molar-refractivity contribution in [1.29, 1.82) is 5.26 Å². The summed E-state index contributed by atoms with van der Waals surface area (Å²) in [4.78, 5) is 44.0. The van der Waals surface area contributed by atoms with Gasteiger partial charge in [-0.3, -0.25) is 23.9 Å². The molecule has 1 saturated carbocycles. The van der Waals surface area contributed by atoms with Crippen molar-refractivity contribution < 1.29 is 14.3 Å². The highest BCUT2D eigenvalue weighted by atomic mass is 32.2. The summed E-state index contributed by atoms with van der Waals surface area (Å²) >= 11 is 6.94. The van der Waals surface area contributed by atoms with Gasteiger partial charge in [0.15, 0.2) is 0 Å². The Morgan fingerprint density at radius 1 is 1.18 bits per heavy atom. The molecule has 1 aromatic rings. The molecule has 3 fully saturated rings. The Balaban J connectivity index is 1.82. The molecule has 2 aliphatic heterocycles. The molecule has 8 nitrogen and oxygen atoms in total. The number of anilines is 1. The Hall–Kier alpha value is -2.64. The van der Waals surface area contributed by atoms with E-state index >= 15 is 0 Å². The topological polar surface area (TPSA) is 95.6 Å². The van der Waals surface area contributed by atoms with E-state index in [0.717, 1.165) is 38.5 Å². The lowest BCUT2D eigenvalue weighted by Gasteiger charge is -2.36. The monoisotopic (exact) mass is 556 g/mol. The van der Waals surface area contributed by atoms with Crippen molar-refractivity contribution in [3.8, 4) is 6.07 Å². The van der Waals surface area contributed by atoms with E-state index in [4.69, 9.17) is 17.0 Å². The smallest absolute Gasteiger partial charge is 0.310 e. The van der Waals surface area contributed by atoms with Crippen LogP contribution < -0.4 is 10.5 Å². The number of nitriles is 1. The summed E-state index contributed by atoms with van der Waals surface area (Å²) in [7, 11) is 0. The zero-order valence-electron chi connectivity index (χ0n) is 22.5. The van der Waals surface area contributed by atoms with Gasteiger partial charge in [0.25, 0.3) is 11.5 Å². The summed E-state index contributed by atoms with van der Waals surface area (Å²) < 4.78 is 7.51. The lowest BCUT2D eigenvalue weighted by Crippen LogP contribution is -2.43. The molecule has 2 saturated heterocycles. The number of hydrogen-bond donors (Lipinski definition) is 0. The van der Waals surface area contributed by atoms with Crippen LogP contribution in [-0.4, -0.2) is 51.4 Å². The number of nitrogens with zero attached hydrogens (tertiary/aromatic N) is 4. The number of aromatic nitrogens is 1. The van der Waals surface area contributed by atoms with Crippen molar-refractivity contribution in [2.24, 2.45) is 5.92 Å². The van der Waals surface area contributed by atoms with E-state index in [2.05, 4.69) is 11.0 Å². The first-order valence-corrected chi connectivity index (χ1v) is 14.9. The Bertz CT molecular complexity index is 1240. The van der Waals surface area contributed by atoms with Crippen molar-refractivity contribution in [3.63, 3.8) is 0 Å². The Labute approximate surface area is 234 Å². The van der Waals surface area contributed by atoms with Crippen LogP contribution in [0.3, 0.4) is 0 Å². The van der Waals surface area contributed by atoms with E-state index in [1.54, 1.807) is 23.3 Å². The standard InChI is InChI=1S/C28H36N4O4S2/c1-4-13-31-24(30-14-9-10-19(17-30)27(35)36-5-2)21(18(3)22(16-29)25(31)33)15-23-26(34)32(28(37)38-23)20-11-7-6-8-12-20/h15,19-20H,4-14,17H2,1-3H3. The van der Waals surface area contributed by atoms with Gasteiger partial charge in [-0.15, -0.1) is 0 Å². The first kappa shape index (κ1) is 28.4. The minimum absolute atomic E-state index is 0.0789. The number of carbonyl (C=O) groups excluding carboxylic acids is 2. The second-order valence-electron chi connectivity index (χ2n) is 10.2. The molecule has 1 aliphatic carbocycles. The molecule has 4 rings (SSSR count). The van der Waals surface area contributed by atoms with Gasteiger partial charge in [0.05, 0.1) is 17.4 Å². The van der Waals surface area contributed by atoms with Crippen molar-refractivity contribution in [3.05, 3.63) is 31.9 Å². The van der Waals surface area contributed by atoms with Gasteiger partial charge in [0.1, 0.15) is 21.8 Å². The fraction of sp³-hybridized carbons (Fsp3) is 0.607. The van der Waals surface area contributed by atoms with Crippen molar-refractivity contribution in [2.75, 3.05) is 24.6 Å². The van der Waals surface area contributed by atoms with Crippen LogP contribution in [0.2, 0.25) is 0 Å². The predicted octanol–water partition coefficient (Wildman–Crippen LogP) is 4.75. The number of hydrogen-bond acceptors (Lipinski definition) is 8. The SMILES string of the molecule is CCCn1c(N2CCCC(C(=O)OCC)C2)c(C=C2SC(=S)N(C3CCCCC3)C2=O)c(C)c(C#N)c1=O. The van der Waals surface area contributed by atoms with E-state index in [0.29, 0.717) is 58.8 Å². The zero-order valence-corrected chi connectivity index (χ0v) is 24.1. The molecule has 0 aromatic carbocycles. The maximum absolute atomic E-state index is 13.6. The third kappa shape index (κ3) is 5.55. The molecule has 0 spiro atoms. The first-order valence-electron chi connectivity index (χ1n) is 13.7. The van der Waals surface area contributed by atoms with Crippen molar-refractivity contribution >= 4 is 52.1 Å². The summed E-state index contributed by atoms with van der Waals surface area (Å²) in [5, 5.41) is 9.90. The van der Waals surface area contributed by atoms with Crippen LogP contribution in [0.25, 0.3) is 6.08 Å². The van der Waals surface area contributed by atoms with Crippen LogP contribution in [0.1, 0.15) is 81.9 Å². The highest BCUT2D eigenvalue weighted by Gasteiger charge is 2.38.